The Labute approximate surface area is 83.8 Å². The molecule has 14 heavy (non-hydrogen) atoms. The molecule has 0 heterocycles. The summed E-state index contributed by atoms with van der Waals surface area (Å²) in [5, 5.41) is 18.2. The zero-order valence-electron chi connectivity index (χ0n) is 8.20. The minimum absolute atomic E-state index is 0.113. The average molecular weight is 187 g/mol. The van der Waals surface area contributed by atoms with E-state index in [0.29, 0.717) is 0 Å². The van der Waals surface area contributed by atoms with Crippen molar-refractivity contribution >= 4 is 0 Å². The van der Waals surface area contributed by atoms with Crippen molar-refractivity contribution in [1.82, 2.24) is 0 Å². The molecular weight excluding hydrogens is 174 g/mol. The van der Waals surface area contributed by atoms with E-state index < -0.39 is 5.41 Å². The number of benzene rings is 1. The van der Waals surface area contributed by atoms with Gasteiger partial charge in [-0.2, -0.15) is 5.26 Å². The number of nitriles is 1. The molecule has 0 saturated heterocycles. The topological polar surface area (TPSA) is 44.0 Å². The third kappa shape index (κ3) is 1.21. The van der Waals surface area contributed by atoms with Crippen molar-refractivity contribution in [3.63, 3.8) is 0 Å². The summed E-state index contributed by atoms with van der Waals surface area (Å²) in [6.45, 7) is 2.14. The molecule has 0 spiro atoms. The van der Waals surface area contributed by atoms with Gasteiger partial charge in [0.1, 0.15) is 0 Å². The summed E-state index contributed by atoms with van der Waals surface area (Å²) in [7, 11) is 0. The number of aryl methyl sites for hydroxylation is 1. The third-order valence-electron chi connectivity index (χ3n) is 3.09. The Morgan fingerprint density at radius 1 is 1.50 bits per heavy atom. The average Bonchev–Trinajstić information content (AvgIpc) is 2.94. The van der Waals surface area contributed by atoms with Crippen LogP contribution in [0, 0.1) is 24.2 Å². The Morgan fingerprint density at radius 2 is 2.14 bits per heavy atom. The highest BCUT2D eigenvalue weighted by molar-refractivity contribution is 5.42. The highest BCUT2D eigenvalue weighted by Crippen LogP contribution is 2.53. The molecular formula is C12H13NO. The molecule has 1 N–H and O–H groups in total. The molecule has 1 aromatic rings. The lowest BCUT2D eigenvalue weighted by Crippen LogP contribution is -2.08. The highest BCUT2D eigenvalue weighted by Gasteiger charge is 2.55. The molecule has 1 aliphatic carbocycles. The van der Waals surface area contributed by atoms with Crippen molar-refractivity contribution in [2.75, 3.05) is 6.61 Å². The molecule has 72 valence electrons. The molecule has 1 unspecified atom stereocenters. The van der Waals surface area contributed by atoms with Crippen LogP contribution < -0.4 is 0 Å². The smallest absolute Gasteiger partial charge is 0.0877 e. The van der Waals surface area contributed by atoms with E-state index in [1.165, 1.54) is 5.56 Å². The predicted octanol–water partition coefficient (Wildman–Crippen LogP) is 1.77. The summed E-state index contributed by atoms with van der Waals surface area (Å²) in [6, 6.07) is 10.3. The van der Waals surface area contributed by atoms with Gasteiger partial charge in [0.15, 0.2) is 0 Å². The van der Waals surface area contributed by atoms with E-state index >= 15 is 0 Å². The van der Waals surface area contributed by atoms with Gasteiger partial charge >= 0.3 is 0 Å². The molecule has 1 aliphatic rings. The largest absolute Gasteiger partial charge is 0.396 e. The van der Waals surface area contributed by atoms with Gasteiger partial charge in [-0.05, 0) is 18.9 Å². The fraction of sp³-hybridized carbons (Fsp3) is 0.417. The molecule has 0 amide bonds. The van der Waals surface area contributed by atoms with Crippen LogP contribution in [0.15, 0.2) is 24.3 Å². The van der Waals surface area contributed by atoms with E-state index in [0.717, 1.165) is 12.0 Å². The van der Waals surface area contributed by atoms with Gasteiger partial charge in [0, 0.05) is 12.5 Å². The van der Waals surface area contributed by atoms with Gasteiger partial charge in [0.05, 0.1) is 11.5 Å². The first kappa shape index (κ1) is 9.23. The number of hydrogen-bond acceptors (Lipinski definition) is 2. The molecule has 0 aromatic heterocycles. The lowest BCUT2D eigenvalue weighted by Gasteiger charge is -2.08. The molecule has 1 aromatic carbocycles. The van der Waals surface area contributed by atoms with Crippen LogP contribution >= 0.6 is 0 Å². The van der Waals surface area contributed by atoms with Gasteiger partial charge in [-0.3, -0.25) is 0 Å². The first-order valence-corrected chi connectivity index (χ1v) is 4.82. The standard InChI is InChI=1S/C12H13NO/c1-9-2-4-10(5-3-9)12(8-13)6-11(12)7-14/h2-5,11,14H,6-7H2,1H3/t11-,12?/m0/s1. The first-order valence-electron chi connectivity index (χ1n) is 4.82. The van der Waals surface area contributed by atoms with Crippen LogP contribution in [-0.2, 0) is 5.41 Å². The van der Waals surface area contributed by atoms with E-state index in [1.54, 1.807) is 0 Å². The molecule has 1 saturated carbocycles. The molecule has 2 rings (SSSR count). The summed E-state index contributed by atoms with van der Waals surface area (Å²) in [6.07, 6.45) is 0.795. The van der Waals surface area contributed by atoms with Crippen LogP contribution in [0.5, 0.6) is 0 Å². The Hall–Kier alpha value is -1.33. The quantitative estimate of drug-likeness (QED) is 0.766. The maximum Gasteiger partial charge on any atom is 0.0877 e. The fourth-order valence-corrected chi connectivity index (χ4v) is 1.96. The first-order chi connectivity index (χ1) is 6.73. The van der Waals surface area contributed by atoms with Crippen molar-refractivity contribution in [2.45, 2.75) is 18.8 Å². The van der Waals surface area contributed by atoms with Crippen molar-refractivity contribution in [1.29, 1.82) is 5.26 Å². The molecule has 2 nitrogen and oxygen atoms in total. The molecule has 0 bridgehead atoms. The number of hydrogen-bond donors (Lipinski definition) is 1. The Morgan fingerprint density at radius 3 is 2.57 bits per heavy atom. The van der Waals surface area contributed by atoms with Crippen LogP contribution in [0.1, 0.15) is 17.5 Å². The molecule has 1 fully saturated rings. The fourth-order valence-electron chi connectivity index (χ4n) is 1.96. The Balaban J connectivity index is 2.32. The second-order valence-electron chi connectivity index (χ2n) is 4.03. The number of rotatable bonds is 2. The maximum absolute atomic E-state index is 9.12. The van der Waals surface area contributed by atoms with E-state index in [1.807, 2.05) is 31.2 Å². The predicted molar refractivity (Wildman–Crippen MR) is 53.7 cm³/mol. The second-order valence-corrected chi connectivity index (χ2v) is 4.03. The monoisotopic (exact) mass is 187 g/mol. The highest BCUT2D eigenvalue weighted by atomic mass is 16.3. The normalized spacial score (nSPS) is 29.6. The summed E-state index contributed by atoms with van der Waals surface area (Å²) < 4.78 is 0. The summed E-state index contributed by atoms with van der Waals surface area (Å²) in [4.78, 5) is 0. The molecule has 0 radical (unpaired) electrons. The van der Waals surface area contributed by atoms with Crippen molar-refractivity contribution in [3.8, 4) is 6.07 Å². The molecule has 2 heteroatoms. The minimum atomic E-state index is -0.400. The van der Waals surface area contributed by atoms with Crippen LogP contribution in [0.2, 0.25) is 0 Å². The van der Waals surface area contributed by atoms with Crippen LogP contribution in [0.25, 0.3) is 0 Å². The van der Waals surface area contributed by atoms with Crippen molar-refractivity contribution < 1.29 is 5.11 Å². The lowest BCUT2D eigenvalue weighted by molar-refractivity contribution is 0.269. The van der Waals surface area contributed by atoms with E-state index in [2.05, 4.69) is 6.07 Å². The lowest BCUT2D eigenvalue weighted by atomic mass is 9.94. The Kier molecular flexibility index (Phi) is 2.05. The zero-order chi connectivity index (χ0) is 10.2. The maximum atomic E-state index is 9.12. The van der Waals surface area contributed by atoms with Crippen LogP contribution in [0.4, 0.5) is 0 Å². The van der Waals surface area contributed by atoms with E-state index in [4.69, 9.17) is 10.4 Å². The summed E-state index contributed by atoms with van der Waals surface area (Å²) in [5.41, 5.74) is 1.84. The Bertz CT molecular complexity index is 376. The minimum Gasteiger partial charge on any atom is -0.396 e. The van der Waals surface area contributed by atoms with Gasteiger partial charge < -0.3 is 5.11 Å². The van der Waals surface area contributed by atoms with Crippen molar-refractivity contribution in [2.24, 2.45) is 5.92 Å². The summed E-state index contributed by atoms with van der Waals surface area (Å²) in [5.74, 6) is 0.134. The molecule has 2 atom stereocenters. The van der Waals surface area contributed by atoms with Gasteiger partial charge in [-0.25, -0.2) is 0 Å². The number of nitrogens with zero attached hydrogens (tertiary/aromatic N) is 1. The van der Waals surface area contributed by atoms with Crippen LogP contribution in [-0.4, -0.2) is 11.7 Å². The van der Waals surface area contributed by atoms with E-state index in [9.17, 15) is 0 Å². The van der Waals surface area contributed by atoms with Gasteiger partial charge in [0.25, 0.3) is 0 Å². The third-order valence-corrected chi connectivity index (χ3v) is 3.09. The summed E-state index contributed by atoms with van der Waals surface area (Å²) >= 11 is 0. The molecule has 0 aliphatic heterocycles. The number of aliphatic hydroxyl groups is 1. The van der Waals surface area contributed by atoms with Gasteiger partial charge in [-0.1, -0.05) is 29.8 Å². The number of aliphatic hydroxyl groups excluding tert-OH is 1. The van der Waals surface area contributed by atoms with Crippen LogP contribution in [0.3, 0.4) is 0 Å². The van der Waals surface area contributed by atoms with Crippen molar-refractivity contribution in [3.05, 3.63) is 35.4 Å². The van der Waals surface area contributed by atoms with Gasteiger partial charge in [0.2, 0.25) is 0 Å². The zero-order valence-corrected chi connectivity index (χ0v) is 8.20. The SMILES string of the molecule is Cc1ccc(C2(C#N)C[C@H]2CO)cc1. The second kappa shape index (κ2) is 3.11. The van der Waals surface area contributed by atoms with Gasteiger partial charge in [-0.15, -0.1) is 0 Å². The van der Waals surface area contributed by atoms with E-state index in [-0.39, 0.29) is 12.5 Å².